The second-order valence-electron chi connectivity index (χ2n) is 3.52. The Hall–Kier alpha value is -1.09. The Morgan fingerprint density at radius 3 is 3.15 bits per heavy atom. The lowest BCUT2D eigenvalue weighted by Gasteiger charge is -2.38. The standard InChI is InChI=1S/C10H13NO2/c1-7(2)8-3-4-13-10-5-9(12)11(10)6-8/h3,10H,1,4-6H2,2H3. The third-order valence-electron chi connectivity index (χ3n) is 2.52. The number of ether oxygens (including phenoxy) is 1. The molecule has 0 spiro atoms. The predicted octanol–water partition coefficient (Wildman–Crippen LogP) is 1.08. The molecule has 13 heavy (non-hydrogen) atoms. The Balaban J connectivity index is 2.12. The number of carbonyl (C=O) groups is 1. The van der Waals surface area contributed by atoms with Crippen molar-refractivity contribution in [2.45, 2.75) is 19.6 Å². The van der Waals surface area contributed by atoms with Gasteiger partial charge < -0.3 is 9.64 Å². The van der Waals surface area contributed by atoms with Crippen LogP contribution in [-0.4, -0.2) is 30.2 Å². The van der Waals surface area contributed by atoms with Crippen molar-refractivity contribution >= 4 is 5.91 Å². The van der Waals surface area contributed by atoms with Crippen LogP contribution >= 0.6 is 0 Å². The molecule has 2 rings (SSSR count). The van der Waals surface area contributed by atoms with E-state index >= 15 is 0 Å². The van der Waals surface area contributed by atoms with Gasteiger partial charge in [-0.25, -0.2) is 0 Å². The van der Waals surface area contributed by atoms with E-state index in [1.54, 1.807) is 4.90 Å². The first kappa shape index (κ1) is 8.51. The van der Waals surface area contributed by atoms with Gasteiger partial charge >= 0.3 is 0 Å². The van der Waals surface area contributed by atoms with Gasteiger partial charge in [-0.15, -0.1) is 0 Å². The van der Waals surface area contributed by atoms with Crippen LogP contribution in [0.3, 0.4) is 0 Å². The molecule has 0 saturated carbocycles. The second-order valence-corrected chi connectivity index (χ2v) is 3.52. The van der Waals surface area contributed by atoms with Gasteiger partial charge in [-0.3, -0.25) is 4.79 Å². The first-order chi connectivity index (χ1) is 6.18. The van der Waals surface area contributed by atoms with Crippen LogP contribution in [0.25, 0.3) is 0 Å². The average Bonchev–Trinajstić information content (AvgIpc) is 2.23. The van der Waals surface area contributed by atoms with Crippen molar-refractivity contribution in [2.75, 3.05) is 13.2 Å². The Morgan fingerprint density at radius 2 is 2.54 bits per heavy atom. The van der Waals surface area contributed by atoms with Crippen molar-refractivity contribution < 1.29 is 9.53 Å². The topological polar surface area (TPSA) is 29.5 Å². The van der Waals surface area contributed by atoms with E-state index in [0.29, 0.717) is 19.6 Å². The van der Waals surface area contributed by atoms with Crippen LogP contribution in [0.1, 0.15) is 13.3 Å². The fraction of sp³-hybridized carbons (Fsp3) is 0.500. The molecule has 1 unspecified atom stereocenters. The highest BCUT2D eigenvalue weighted by Gasteiger charge is 2.38. The molecule has 1 atom stereocenters. The molecular weight excluding hydrogens is 166 g/mol. The van der Waals surface area contributed by atoms with Crippen molar-refractivity contribution in [3.63, 3.8) is 0 Å². The molecule has 0 N–H and O–H groups in total. The number of β-lactam (4-membered cyclic amide) rings is 1. The summed E-state index contributed by atoms with van der Waals surface area (Å²) < 4.78 is 5.44. The van der Waals surface area contributed by atoms with E-state index < -0.39 is 0 Å². The number of carbonyl (C=O) groups excluding carboxylic acids is 1. The van der Waals surface area contributed by atoms with E-state index in [4.69, 9.17) is 4.74 Å². The third kappa shape index (κ3) is 1.40. The zero-order valence-corrected chi connectivity index (χ0v) is 7.75. The summed E-state index contributed by atoms with van der Waals surface area (Å²) in [4.78, 5) is 12.9. The lowest BCUT2D eigenvalue weighted by molar-refractivity contribution is -0.169. The second kappa shape index (κ2) is 3.00. The lowest BCUT2D eigenvalue weighted by atomic mass is 10.1. The van der Waals surface area contributed by atoms with Gasteiger partial charge in [-0.2, -0.15) is 0 Å². The van der Waals surface area contributed by atoms with Crippen LogP contribution in [0.5, 0.6) is 0 Å². The molecule has 0 aliphatic carbocycles. The number of fused-ring (bicyclic) bond motifs is 1. The van der Waals surface area contributed by atoms with Crippen LogP contribution in [0.2, 0.25) is 0 Å². The van der Waals surface area contributed by atoms with Gasteiger partial charge in [-0.1, -0.05) is 18.2 Å². The minimum atomic E-state index is 0.0144. The Bertz CT molecular complexity index is 293. The first-order valence-electron chi connectivity index (χ1n) is 4.44. The summed E-state index contributed by atoms with van der Waals surface area (Å²) in [5, 5.41) is 0. The molecule has 0 aromatic carbocycles. The molecule has 2 aliphatic rings. The van der Waals surface area contributed by atoms with Gasteiger partial charge in [0.25, 0.3) is 0 Å². The minimum Gasteiger partial charge on any atom is -0.354 e. The highest BCUT2D eigenvalue weighted by molar-refractivity contribution is 5.83. The number of nitrogens with zero attached hydrogens (tertiary/aromatic N) is 1. The van der Waals surface area contributed by atoms with Crippen LogP contribution in [-0.2, 0) is 9.53 Å². The van der Waals surface area contributed by atoms with Crippen molar-refractivity contribution in [3.05, 3.63) is 23.8 Å². The van der Waals surface area contributed by atoms with Gasteiger partial charge in [0.05, 0.1) is 13.0 Å². The molecular formula is C10H13NO2. The fourth-order valence-corrected chi connectivity index (χ4v) is 1.58. The normalized spacial score (nSPS) is 27.2. The molecule has 3 nitrogen and oxygen atoms in total. The summed E-state index contributed by atoms with van der Waals surface area (Å²) in [6, 6.07) is 0. The summed E-state index contributed by atoms with van der Waals surface area (Å²) in [5.41, 5.74) is 2.14. The van der Waals surface area contributed by atoms with E-state index in [9.17, 15) is 4.79 Å². The number of amides is 1. The van der Waals surface area contributed by atoms with Gasteiger partial charge in [0.15, 0.2) is 0 Å². The zero-order chi connectivity index (χ0) is 9.42. The molecule has 0 aromatic rings. The number of hydrogen-bond donors (Lipinski definition) is 0. The Labute approximate surface area is 77.7 Å². The molecule has 70 valence electrons. The van der Waals surface area contributed by atoms with E-state index in [1.807, 2.05) is 13.0 Å². The first-order valence-corrected chi connectivity index (χ1v) is 4.44. The van der Waals surface area contributed by atoms with E-state index in [0.717, 1.165) is 11.1 Å². The molecule has 1 amide bonds. The van der Waals surface area contributed by atoms with Crippen molar-refractivity contribution in [1.29, 1.82) is 0 Å². The highest BCUT2D eigenvalue weighted by Crippen LogP contribution is 2.25. The average molecular weight is 179 g/mol. The van der Waals surface area contributed by atoms with E-state index in [2.05, 4.69) is 6.58 Å². The van der Waals surface area contributed by atoms with Gasteiger partial charge in [0.1, 0.15) is 6.23 Å². The summed E-state index contributed by atoms with van der Waals surface area (Å²) in [6.45, 7) is 7.08. The zero-order valence-electron chi connectivity index (χ0n) is 7.75. The molecule has 2 aliphatic heterocycles. The SMILES string of the molecule is C=C(C)C1=CCOC2CC(=O)N2C1. The van der Waals surface area contributed by atoms with Crippen molar-refractivity contribution in [2.24, 2.45) is 0 Å². The third-order valence-corrected chi connectivity index (χ3v) is 2.52. The molecule has 0 radical (unpaired) electrons. The Morgan fingerprint density at radius 1 is 1.77 bits per heavy atom. The smallest absolute Gasteiger partial charge is 0.229 e. The molecule has 0 bridgehead atoms. The largest absolute Gasteiger partial charge is 0.354 e. The molecule has 3 heteroatoms. The van der Waals surface area contributed by atoms with Gasteiger partial charge in [0, 0.05) is 6.54 Å². The van der Waals surface area contributed by atoms with Gasteiger partial charge in [0.2, 0.25) is 5.91 Å². The molecule has 1 saturated heterocycles. The summed E-state index contributed by atoms with van der Waals surface area (Å²) >= 11 is 0. The van der Waals surface area contributed by atoms with Crippen LogP contribution in [0, 0.1) is 0 Å². The quantitative estimate of drug-likeness (QED) is 0.564. The summed E-state index contributed by atoms with van der Waals surface area (Å²) in [5.74, 6) is 0.180. The van der Waals surface area contributed by atoms with Gasteiger partial charge in [-0.05, 0) is 12.5 Å². The number of hydrogen-bond acceptors (Lipinski definition) is 2. The summed E-state index contributed by atoms with van der Waals surface area (Å²) in [6.07, 6.45) is 2.56. The molecule has 1 fully saturated rings. The van der Waals surface area contributed by atoms with E-state index in [-0.39, 0.29) is 12.1 Å². The number of rotatable bonds is 1. The maximum Gasteiger partial charge on any atom is 0.229 e. The van der Waals surface area contributed by atoms with E-state index in [1.165, 1.54) is 0 Å². The minimum absolute atomic E-state index is 0.0144. The highest BCUT2D eigenvalue weighted by atomic mass is 16.5. The van der Waals surface area contributed by atoms with Crippen LogP contribution in [0.4, 0.5) is 0 Å². The summed E-state index contributed by atoms with van der Waals surface area (Å²) in [7, 11) is 0. The monoisotopic (exact) mass is 179 g/mol. The van der Waals surface area contributed by atoms with Crippen LogP contribution in [0.15, 0.2) is 23.8 Å². The lowest BCUT2D eigenvalue weighted by Crippen LogP contribution is -2.53. The van der Waals surface area contributed by atoms with Crippen molar-refractivity contribution in [1.82, 2.24) is 4.90 Å². The maximum absolute atomic E-state index is 11.2. The predicted molar refractivity (Wildman–Crippen MR) is 49.0 cm³/mol. The molecule has 0 aromatic heterocycles. The van der Waals surface area contributed by atoms with Crippen molar-refractivity contribution in [3.8, 4) is 0 Å². The molecule has 2 heterocycles. The maximum atomic E-state index is 11.2. The Kier molecular flexibility index (Phi) is 1.96. The van der Waals surface area contributed by atoms with Crippen LogP contribution < -0.4 is 0 Å². The fourth-order valence-electron chi connectivity index (χ4n) is 1.58.